The Hall–Kier alpha value is -0.0500. The van der Waals surface area contributed by atoms with E-state index < -0.39 is 12.7 Å². The standard InChI is InChI=1S/C14H17ClF3IN2/c15-12-3-1-11(2-4-12)13(5-7-21(19)8-6-13)9-20-10-14(16,17)18/h1-4,20H,5-10H2. The van der Waals surface area contributed by atoms with Crippen LogP contribution in [0.3, 0.4) is 0 Å². The molecule has 1 aromatic carbocycles. The van der Waals surface area contributed by atoms with Crippen molar-refractivity contribution in [3.05, 3.63) is 34.9 Å². The van der Waals surface area contributed by atoms with Crippen molar-refractivity contribution in [3.63, 3.8) is 0 Å². The minimum absolute atomic E-state index is 0.252. The number of halogens is 5. The fourth-order valence-electron chi connectivity index (χ4n) is 2.72. The Labute approximate surface area is 141 Å². The van der Waals surface area contributed by atoms with Crippen molar-refractivity contribution >= 4 is 34.5 Å². The van der Waals surface area contributed by atoms with Crippen LogP contribution in [-0.4, -0.2) is 35.5 Å². The Morgan fingerprint density at radius 3 is 2.29 bits per heavy atom. The monoisotopic (exact) mass is 432 g/mol. The Bertz CT molecular complexity index is 456. The Balaban J connectivity index is 2.13. The number of hydrogen-bond acceptors (Lipinski definition) is 2. The fourth-order valence-corrected chi connectivity index (χ4v) is 3.33. The average Bonchev–Trinajstić information content (AvgIpc) is 2.41. The highest BCUT2D eigenvalue weighted by Gasteiger charge is 2.37. The molecule has 0 aromatic heterocycles. The van der Waals surface area contributed by atoms with Crippen molar-refractivity contribution in [2.45, 2.75) is 24.4 Å². The Kier molecular flexibility index (Phi) is 5.78. The normalized spacial score (nSPS) is 19.7. The lowest BCUT2D eigenvalue weighted by Crippen LogP contribution is -2.47. The van der Waals surface area contributed by atoms with E-state index in [0.717, 1.165) is 31.5 Å². The summed E-state index contributed by atoms with van der Waals surface area (Å²) in [5, 5.41) is 3.23. The topological polar surface area (TPSA) is 15.3 Å². The van der Waals surface area contributed by atoms with Gasteiger partial charge in [0.25, 0.3) is 0 Å². The molecule has 1 heterocycles. The number of nitrogens with one attached hydrogen (secondary N) is 1. The summed E-state index contributed by atoms with van der Waals surface area (Å²) in [5.74, 6) is 0. The molecule has 0 bridgehead atoms. The molecule has 0 spiro atoms. The third-order valence-electron chi connectivity index (χ3n) is 3.91. The summed E-state index contributed by atoms with van der Waals surface area (Å²) >= 11 is 8.17. The first-order valence-electron chi connectivity index (χ1n) is 6.75. The van der Waals surface area contributed by atoms with Crippen LogP contribution in [0.2, 0.25) is 5.02 Å². The number of nitrogens with zero attached hydrogens (tertiary/aromatic N) is 1. The predicted molar refractivity (Wildman–Crippen MR) is 86.9 cm³/mol. The molecule has 1 aliphatic heterocycles. The van der Waals surface area contributed by atoms with Crippen LogP contribution < -0.4 is 5.32 Å². The van der Waals surface area contributed by atoms with Crippen LogP contribution >= 0.6 is 34.5 Å². The van der Waals surface area contributed by atoms with Crippen molar-refractivity contribution in [2.24, 2.45) is 0 Å². The summed E-state index contributed by atoms with van der Waals surface area (Å²) in [6.45, 7) is 1.13. The summed E-state index contributed by atoms with van der Waals surface area (Å²) in [6.07, 6.45) is -2.50. The highest BCUT2D eigenvalue weighted by atomic mass is 127. The van der Waals surface area contributed by atoms with E-state index in [1.54, 1.807) is 12.1 Å². The van der Waals surface area contributed by atoms with Gasteiger partial charge in [-0.3, -0.25) is 0 Å². The van der Waals surface area contributed by atoms with Crippen LogP contribution in [0.5, 0.6) is 0 Å². The van der Waals surface area contributed by atoms with E-state index in [4.69, 9.17) is 11.6 Å². The van der Waals surface area contributed by atoms with Crippen molar-refractivity contribution in [2.75, 3.05) is 26.2 Å². The predicted octanol–water partition coefficient (Wildman–Crippen LogP) is 4.18. The number of piperidine rings is 1. The third-order valence-corrected chi connectivity index (χ3v) is 5.13. The molecule has 1 N–H and O–H groups in total. The molecule has 0 amide bonds. The zero-order valence-electron chi connectivity index (χ0n) is 11.4. The van der Waals surface area contributed by atoms with Crippen molar-refractivity contribution in [1.29, 1.82) is 0 Å². The number of rotatable bonds is 4. The summed E-state index contributed by atoms with van der Waals surface area (Å²) in [5.41, 5.74) is 0.809. The first-order valence-corrected chi connectivity index (χ1v) is 8.09. The van der Waals surface area contributed by atoms with Gasteiger partial charge in [0.15, 0.2) is 0 Å². The van der Waals surface area contributed by atoms with E-state index in [-0.39, 0.29) is 5.41 Å². The van der Waals surface area contributed by atoms with Crippen molar-refractivity contribution in [3.8, 4) is 0 Å². The Morgan fingerprint density at radius 1 is 1.19 bits per heavy atom. The van der Waals surface area contributed by atoms with E-state index in [2.05, 4.69) is 31.3 Å². The molecule has 0 atom stereocenters. The molecule has 1 fully saturated rings. The van der Waals surface area contributed by atoms with Crippen LogP contribution in [0.1, 0.15) is 18.4 Å². The molecule has 7 heteroatoms. The first-order chi connectivity index (χ1) is 9.81. The molecule has 118 valence electrons. The van der Waals surface area contributed by atoms with Crippen LogP contribution in [0.4, 0.5) is 13.2 Å². The highest BCUT2D eigenvalue weighted by molar-refractivity contribution is 14.1. The van der Waals surface area contributed by atoms with Gasteiger partial charge in [0, 0.05) is 52.9 Å². The van der Waals surface area contributed by atoms with Gasteiger partial charge in [-0.2, -0.15) is 13.2 Å². The lowest BCUT2D eigenvalue weighted by molar-refractivity contribution is -0.125. The van der Waals surface area contributed by atoms with Gasteiger partial charge in [-0.1, -0.05) is 23.7 Å². The second-order valence-electron chi connectivity index (χ2n) is 5.42. The second kappa shape index (κ2) is 7.02. The number of alkyl halides is 3. The minimum Gasteiger partial charge on any atom is -0.308 e. The Morgan fingerprint density at radius 2 is 1.76 bits per heavy atom. The number of hydrogen-bond donors (Lipinski definition) is 1. The molecular weight excluding hydrogens is 416 g/mol. The molecule has 1 saturated heterocycles. The van der Waals surface area contributed by atoms with Gasteiger partial charge in [0.05, 0.1) is 6.54 Å². The molecule has 2 nitrogen and oxygen atoms in total. The molecule has 0 unspecified atom stereocenters. The summed E-state index contributed by atoms with van der Waals surface area (Å²) in [6, 6.07) is 7.47. The van der Waals surface area contributed by atoms with Crippen LogP contribution in [0, 0.1) is 0 Å². The van der Waals surface area contributed by atoms with E-state index in [1.807, 2.05) is 12.1 Å². The zero-order valence-corrected chi connectivity index (χ0v) is 14.3. The van der Waals surface area contributed by atoms with Gasteiger partial charge in [-0.25, -0.2) is 3.11 Å². The quantitative estimate of drug-likeness (QED) is 0.567. The maximum absolute atomic E-state index is 12.4. The third kappa shape index (κ3) is 4.97. The molecule has 0 aliphatic carbocycles. The van der Waals surface area contributed by atoms with E-state index in [1.165, 1.54) is 0 Å². The highest BCUT2D eigenvalue weighted by Crippen LogP contribution is 2.36. The first kappa shape index (κ1) is 17.3. The molecule has 2 rings (SSSR count). The maximum Gasteiger partial charge on any atom is 0.401 e. The smallest absolute Gasteiger partial charge is 0.308 e. The van der Waals surface area contributed by atoms with Crippen molar-refractivity contribution in [1.82, 2.24) is 8.43 Å². The van der Waals surface area contributed by atoms with E-state index >= 15 is 0 Å². The van der Waals surface area contributed by atoms with Gasteiger partial charge in [-0.05, 0) is 30.5 Å². The molecule has 1 aromatic rings. The molecule has 1 aliphatic rings. The van der Waals surface area contributed by atoms with Gasteiger partial charge >= 0.3 is 6.18 Å². The average molecular weight is 433 g/mol. The van der Waals surface area contributed by atoms with E-state index in [9.17, 15) is 13.2 Å². The van der Waals surface area contributed by atoms with Crippen LogP contribution in [-0.2, 0) is 5.41 Å². The summed E-state index contributed by atoms with van der Waals surface area (Å²) < 4.78 is 39.3. The maximum atomic E-state index is 12.4. The minimum atomic E-state index is -4.18. The zero-order chi connectivity index (χ0) is 15.5. The lowest BCUT2D eigenvalue weighted by atomic mass is 9.73. The largest absolute Gasteiger partial charge is 0.401 e. The summed E-state index contributed by atoms with van der Waals surface area (Å²) in [4.78, 5) is 0. The fraction of sp³-hybridized carbons (Fsp3) is 0.571. The SMILES string of the molecule is FC(F)(F)CNCC1(c2ccc(Cl)cc2)CCN(I)CC1. The van der Waals surface area contributed by atoms with Crippen LogP contribution in [0.15, 0.2) is 24.3 Å². The van der Waals surface area contributed by atoms with Gasteiger partial charge < -0.3 is 5.32 Å². The van der Waals surface area contributed by atoms with Crippen LogP contribution in [0.25, 0.3) is 0 Å². The molecule has 21 heavy (non-hydrogen) atoms. The lowest BCUT2D eigenvalue weighted by Gasteiger charge is -2.41. The number of benzene rings is 1. The van der Waals surface area contributed by atoms with Gasteiger partial charge in [0.2, 0.25) is 0 Å². The molecule has 0 radical (unpaired) electrons. The molecule has 0 saturated carbocycles. The van der Waals surface area contributed by atoms with Gasteiger partial charge in [-0.15, -0.1) is 0 Å². The summed E-state index contributed by atoms with van der Waals surface area (Å²) in [7, 11) is 0. The second-order valence-corrected chi connectivity index (χ2v) is 7.22. The molecular formula is C14H17ClF3IN2. The van der Waals surface area contributed by atoms with Gasteiger partial charge in [0.1, 0.15) is 0 Å². The van der Waals surface area contributed by atoms with E-state index in [0.29, 0.717) is 11.6 Å². The van der Waals surface area contributed by atoms with Crippen molar-refractivity contribution < 1.29 is 13.2 Å².